The van der Waals surface area contributed by atoms with Crippen LogP contribution in [0.3, 0.4) is 0 Å². The third-order valence-corrected chi connectivity index (χ3v) is 5.55. The van der Waals surface area contributed by atoms with E-state index in [1.54, 1.807) is 4.52 Å². The fourth-order valence-electron chi connectivity index (χ4n) is 2.80. The normalized spacial score (nSPS) is 11.9. The highest BCUT2D eigenvalue weighted by molar-refractivity contribution is 8.13. The number of hydrogen-bond donors (Lipinski definition) is 0. The van der Waals surface area contributed by atoms with E-state index in [0.29, 0.717) is 23.4 Å². The second-order valence-corrected chi connectivity index (χ2v) is 8.80. The first-order chi connectivity index (χ1) is 12.8. The molecule has 0 fully saturated rings. The highest BCUT2D eigenvalue weighted by Gasteiger charge is 2.20. The topological polar surface area (TPSA) is 86.5 Å². The van der Waals surface area contributed by atoms with E-state index < -0.39 is 9.05 Å². The van der Waals surface area contributed by atoms with E-state index in [2.05, 4.69) is 15.1 Å². The van der Waals surface area contributed by atoms with Gasteiger partial charge in [-0.15, -0.1) is 5.10 Å². The highest BCUT2D eigenvalue weighted by Crippen LogP contribution is 2.33. The average Bonchev–Trinajstić information content (AvgIpc) is 2.91. The van der Waals surface area contributed by atoms with Crippen LogP contribution < -0.4 is 4.74 Å². The highest BCUT2D eigenvalue weighted by atomic mass is 35.7. The lowest BCUT2D eigenvalue weighted by Crippen LogP contribution is -2.05. The molecule has 3 aromatic rings. The Hall–Kier alpha value is -1.90. The fourth-order valence-corrected chi connectivity index (χ4v) is 3.87. The Balaban J connectivity index is 2.29. The van der Waals surface area contributed by atoms with Crippen molar-refractivity contribution in [2.75, 3.05) is 6.61 Å². The molecule has 0 spiro atoms. The molecule has 0 unspecified atom stereocenters. The number of hydrogen-bond acceptors (Lipinski definition) is 6. The van der Waals surface area contributed by atoms with Gasteiger partial charge in [-0.2, -0.15) is 0 Å². The lowest BCUT2D eigenvalue weighted by atomic mass is 10.2. The van der Waals surface area contributed by atoms with Gasteiger partial charge in [0.1, 0.15) is 17.1 Å². The Kier molecular flexibility index (Phi) is 5.60. The molecule has 0 saturated carbocycles. The molecule has 3 rings (SSSR count). The van der Waals surface area contributed by atoms with Crippen molar-refractivity contribution in [2.24, 2.45) is 0 Å². The zero-order valence-electron chi connectivity index (χ0n) is 15.0. The first kappa shape index (κ1) is 19.9. The number of halogens is 2. The van der Waals surface area contributed by atoms with E-state index in [9.17, 15) is 8.42 Å². The van der Waals surface area contributed by atoms with E-state index >= 15 is 0 Å². The summed E-state index contributed by atoms with van der Waals surface area (Å²) in [5.74, 6) is 1.42. The van der Waals surface area contributed by atoms with Crippen LogP contribution in [0.4, 0.5) is 0 Å². The van der Waals surface area contributed by atoms with Gasteiger partial charge < -0.3 is 4.74 Å². The molecular weight excluding hydrogens is 411 g/mol. The summed E-state index contributed by atoms with van der Waals surface area (Å²) < 4.78 is 30.8. The predicted octanol–water partition coefficient (Wildman–Crippen LogP) is 4.03. The molecule has 10 heteroatoms. The molecule has 1 aromatic carbocycles. The van der Waals surface area contributed by atoms with Gasteiger partial charge in [0, 0.05) is 17.1 Å². The van der Waals surface area contributed by atoms with E-state index in [-0.39, 0.29) is 15.9 Å². The van der Waals surface area contributed by atoms with Gasteiger partial charge in [-0.1, -0.05) is 18.5 Å². The van der Waals surface area contributed by atoms with Gasteiger partial charge in [-0.25, -0.2) is 22.9 Å². The second-order valence-electron chi connectivity index (χ2n) is 5.88. The third-order valence-electron chi connectivity index (χ3n) is 3.94. The minimum absolute atomic E-state index is 0.0713. The Morgan fingerprint density at radius 3 is 2.59 bits per heavy atom. The van der Waals surface area contributed by atoms with E-state index in [1.165, 1.54) is 18.2 Å². The molecular formula is C17H18Cl2N4O3S. The molecule has 2 heterocycles. The molecule has 0 aliphatic rings. The first-order valence-corrected chi connectivity index (χ1v) is 11.1. The summed E-state index contributed by atoms with van der Waals surface area (Å²) in [6.45, 7) is 6.10. The summed E-state index contributed by atoms with van der Waals surface area (Å²) in [6, 6.07) is 4.29. The Bertz CT molecular complexity index is 1110. The van der Waals surface area contributed by atoms with Gasteiger partial charge in [-0.05, 0) is 38.5 Å². The molecule has 0 bridgehead atoms. The monoisotopic (exact) mass is 428 g/mol. The van der Waals surface area contributed by atoms with Crippen molar-refractivity contribution in [3.05, 3.63) is 34.9 Å². The van der Waals surface area contributed by atoms with Crippen molar-refractivity contribution in [3.63, 3.8) is 0 Å². The quantitative estimate of drug-likeness (QED) is 0.550. The maximum absolute atomic E-state index is 11.8. The van der Waals surface area contributed by atoms with E-state index in [0.717, 1.165) is 24.4 Å². The predicted molar refractivity (Wildman–Crippen MR) is 104 cm³/mol. The van der Waals surface area contributed by atoms with Crippen molar-refractivity contribution >= 4 is 36.9 Å². The Morgan fingerprint density at radius 2 is 1.96 bits per heavy atom. The summed E-state index contributed by atoms with van der Waals surface area (Å²) in [5.41, 5.74) is 1.75. The van der Waals surface area contributed by atoms with Gasteiger partial charge in [0.2, 0.25) is 0 Å². The number of fused-ring (bicyclic) bond motifs is 1. The molecule has 0 saturated heterocycles. The Labute approximate surface area is 166 Å². The molecule has 0 N–H and O–H groups in total. The fraction of sp³-hybridized carbons (Fsp3) is 0.353. The Morgan fingerprint density at radius 1 is 1.22 bits per heavy atom. The van der Waals surface area contributed by atoms with Gasteiger partial charge in [0.25, 0.3) is 9.05 Å². The average molecular weight is 429 g/mol. The number of nitrogens with zero attached hydrogens (tertiary/aromatic N) is 4. The number of benzene rings is 1. The summed E-state index contributed by atoms with van der Waals surface area (Å²) in [5, 5.41) is 4.78. The lowest BCUT2D eigenvalue weighted by Gasteiger charge is -2.11. The van der Waals surface area contributed by atoms with E-state index in [4.69, 9.17) is 27.0 Å². The van der Waals surface area contributed by atoms with Crippen LogP contribution in [0.15, 0.2) is 23.1 Å². The van der Waals surface area contributed by atoms with Crippen molar-refractivity contribution < 1.29 is 13.2 Å². The van der Waals surface area contributed by atoms with Crippen LogP contribution in [0.25, 0.3) is 16.9 Å². The lowest BCUT2D eigenvalue weighted by molar-refractivity contribution is 0.341. The van der Waals surface area contributed by atoms with Crippen molar-refractivity contribution in [1.29, 1.82) is 0 Å². The maximum atomic E-state index is 11.8. The van der Waals surface area contributed by atoms with Gasteiger partial charge in [-0.3, -0.25) is 0 Å². The standard InChI is InChI=1S/C17H18Cl2N4O3S/c1-4-6-14-20-10(3)15-16(18)21-17(22-23(14)15)12-9-11(27(19,24)25)7-8-13(12)26-5-2/h7-9H,4-6H2,1-3H3. The van der Waals surface area contributed by atoms with Crippen LogP contribution in [-0.4, -0.2) is 34.6 Å². The van der Waals surface area contributed by atoms with Gasteiger partial charge >= 0.3 is 0 Å². The minimum atomic E-state index is -3.92. The molecule has 0 aliphatic carbocycles. The van der Waals surface area contributed by atoms with Crippen LogP contribution >= 0.6 is 22.3 Å². The largest absolute Gasteiger partial charge is 0.493 e. The molecule has 0 amide bonds. The van der Waals surface area contributed by atoms with E-state index in [1.807, 2.05) is 20.8 Å². The van der Waals surface area contributed by atoms with Crippen molar-refractivity contribution in [1.82, 2.24) is 19.6 Å². The van der Waals surface area contributed by atoms with Crippen LogP contribution in [-0.2, 0) is 15.5 Å². The molecule has 144 valence electrons. The van der Waals surface area contributed by atoms with Gasteiger partial charge in [0.05, 0.1) is 22.8 Å². The van der Waals surface area contributed by atoms with Crippen molar-refractivity contribution in [2.45, 2.75) is 38.5 Å². The molecule has 27 heavy (non-hydrogen) atoms. The number of rotatable bonds is 6. The molecule has 7 nitrogen and oxygen atoms in total. The first-order valence-electron chi connectivity index (χ1n) is 8.39. The third kappa shape index (κ3) is 3.88. The summed E-state index contributed by atoms with van der Waals surface area (Å²) >= 11 is 6.39. The van der Waals surface area contributed by atoms with Crippen LogP contribution in [0.1, 0.15) is 31.8 Å². The van der Waals surface area contributed by atoms with Crippen LogP contribution in [0.2, 0.25) is 5.15 Å². The molecule has 0 radical (unpaired) electrons. The molecule has 0 atom stereocenters. The zero-order valence-corrected chi connectivity index (χ0v) is 17.4. The zero-order chi connectivity index (χ0) is 19.8. The van der Waals surface area contributed by atoms with Crippen LogP contribution in [0.5, 0.6) is 5.75 Å². The van der Waals surface area contributed by atoms with Gasteiger partial charge in [0.15, 0.2) is 11.0 Å². The number of imidazole rings is 1. The SMILES string of the molecule is CCCc1nc(C)c2c(Cl)nc(-c3cc(S(=O)(=O)Cl)ccc3OCC)nn12. The summed E-state index contributed by atoms with van der Waals surface area (Å²) in [6.07, 6.45) is 1.61. The summed E-state index contributed by atoms with van der Waals surface area (Å²) in [7, 11) is 1.57. The smallest absolute Gasteiger partial charge is 0.261 e. The number of aromatic nitrogens is 4. The second kappa shape index (κ2) is 7.61. The molecule has 2 aromatic heterocycles. The number of ether oxygens (including phenoxy) is 1. The van der Waals surface area contributed by atoms with Crippen LogP contribution in [0, 0.1) is 6.92 Å². The minimum Gasteiger partial charge on any atom is -0.493 e. The molecule has 0 aliphatic heterocycles. The van der Waals surface area contributed by atoms with Crippen molar-refractivity contribution in [3.8, 4) is 17.1 Å². The summed E-state index contributed by atoms with van der Waals surface area (Å²) in [4.78, 5) is 8.79. The maximum Gasteiger partial charge on any atom is 0.261 e. The number of aryl methyl sites for hydroxylation is 2.